The summed E-state index contributed by atoms with van der Waals surface area (Å²) in [5, 5.41) is 0. The molecule has 1 aliphatic rings. The number of hydrogen-bond donors (Lipinski definition) is 0. The van der Waals surface area contributed by atoms with Gasteiger partial charge in [-0.1, -0.05) is 52.4 Å². The van der Waals surface area contributed by atoms with Crippen molar-refractivity contribution >= 4 is 0 Å². The Balaban J connectivity index is -0.0000000183. The summed E-state index contributed by atoms with van der Waals surface area (Å²) in [6.45, 7) is 9.00. The van der Waals surface area contributed by atoms with Gasteiger partial charge < -0.3 is 14.4 Å². The maximum Gasteiger partial charge on any atom is 0 e. The van der Waals surface area contributed by atoms with Crippen molar-refractivity contribution in [3.8, 4) is 0 Å². The van der Waals surface area contributed by atoms with E-state index in [4.69, 9.17) is 0 Å². The van der Waals surface area contributed by atoms with Gasteiger partial charge >= 0.3 is 0 Å². The molecule has 0 aromatic rings. The minimum atomic E-state index is 0. The zero-order valence-corrected chi connectivity index (χ0v) is 19.2. The predicted octanol–water partition coefficient (Wildman–Crippen LogP) is 4.65. The zero-order chi connectivity index (χ0) is 8.24. The van der Waals surface area contributed by atoms with Crippen molar-refractivity contribution in [3.63, 3.8) is 0 Å². The van der Waals surface area contributed by atoms with Crippen LogP contribution in [0.25, 0.3) is 0 Å². The van der Waals surface area contributed by atoms with Crippen LogP contribution >= 0.6 is 0 Å². The predicted molar refractivity (Wildman–Crippen MR) is 56.5 cm³/mol. The van der Waals surface area contributed by atoms with Crippen LogP contribution in [0.3, 0.4) is 0 Å². The summed E-state index contributed by atoms with van der Waals surface area (Å²) in [5.41, 5.74) is 0. The fraction of sp³-hybridized carbons (Fsp3) is 0.818. The Hall–Kier alpha value is 3.31. The van der Waals surface area contributed by atoms with Crippen LogP contribution in [-0.2, 0) is 98.1 Å². The Morgan fingerprint density at radius 2 is 0.643 bits per heavy atom. The third-order valence-corrected chi connectivity index (χ3v) is 1.50. The van der Waals surface area contributed by atoms with Gasteiger partial charge in [0.2, 0.25) is 0 Å². The van der Waals surface area contributed by atoms with Crippen molar-refractivity contribution in [1.29, 1.82) is 0 Å². The molecule has 1 fully saturated rings. The molecular formula is C11H26Y3-2. The van der Waals surface area contributed by atoms with Crippen LogP contribution in [0.15, 0.2) is 0 Å². The Labute approximate surface area is 169 Å². The molecule has 0 spiro atoms. The van der Waals surface area contributed by atoms with Crippen molar-refractivity contribution in [2.24, 2.45) is 0 Å². The summed E-state index contributed by atoms with van der Waals surface area (Å²) in [5.74, 6) is 0. The fourth-order valence-corrected chi connectivity index (χ4v) is 1.06. The first kappa shape index (κ1) is 36.0. The second-order valence-electron chi connectivity index (χ2n) is 2.12. The molecule has 0 unspecified atom stereocenters. The molecule has 0 heterocycles. The Bertz CT molecular complexity index is 26.0. The van der Waals surface area contributed by atoms with E-state index in [1.165, 1.54) is 38.5 Å². The molecule has 0 N–H and O–H groups in total. The van der Waals surface area contributed by atoms with Crippen molar-refractivity contribution in [2.75, 3.05) is 0 Å². The van der Waals surface area contributed by atoms with Gasteiger partial charge in [-0.15, -0.1) is 0 Å². The smallest absolute Gasteiger partial charge is 0 e. The summed E-state index contributed by atoms with van der Waals surface area (Å²) in [7, 11) is 0. The van der Waals surface area contributed by atoms with Crippen LogP contribution in [0.5, 0.6) is 0 Å². The molecule has 3 heteroatoms. The molecule has 0 aromatic heterocycles. The zero-order valence-electron chi connectivity index (χ0n) is 10.7. The molecule has 0 nitrogen and oxygen atoms in total. The van der Waals surface area contributed by atoms with Crippen LogP contribution in [0.4, 0.5) is 0 Å². The van der Waals surface area contributed by atoms with Gasteiger partial charge in [0.15, 0.2) is 0 Å². The van der Waals surface area contributed by atoms with Gasteiger partial charge in [-0.25, -0.2) is 0 Å². The van der Waals surface area contributed by atoms with Gasteiger partial charge in [0.05, 0.1) is 0 Å². The van der Waals surface area contributed by atoms with Crippen molar-refractivity contribution in [3.05, 3.63) is 14.4 Å². The van der Waals surface area contributed by atoms with E-state index < -0.39 is 0 Å². The first-order valence-electron chi connectivity index (χ1n) is 4.71. The molecule has 81 valence electrons. The maximum atomic E-state index is 3.25. The van der Waals surface area contributed by atoms with Gasteiger partial charge in [-0.05, 0) is 0 Å². The third kappa shape index (κ3) is 36.2. The molecule has 14 heavy (non-hydrogen) atoms. The maximum absolute atomic E-state index is 3.25. The second kappa shape index (κ2) is 44.1. The topological polar surface area (TPSA) is 0 Å². The van der Waals surface area contributed by atoms with Gasteiger partial charge in [-0.2, -0.15) is 6.92 Å². The van der Waals surface area contributed by atoms with E-state index in [9.17, 15) is 0 Å². The first-order valence-corrected chi connectivity index (χ1v) is 4.71. The molecule has 0 saturated heterocycles. The number of rotatable bonds is 0. The van der Waals surface area contributed by atoms with E-state index in [0.717, 1.165) is 0 Å². The summed E-state index contributed by atoms with van der Waals surface area (Å²) in [6, 6.07) is 0. The summed E-state index contributed by atoms with van der Waals surface area (Å²) in [6.07, 6.45) is 9.00. The normalized spacial score (nSPS) is 11.1. The van der Waals surface area contributed by atoms with Crippen LogP contribution < -0.4 is 0 Å². The Morgan fingerprint density at radius 3 is 0.714 bits per heavy atom. The van der Waals surface area contributed by atoms with E-state index in [-0.39, 0.29) is 106 Å². The molecule has 0 bridgehead atoms. The minimum absolute atomic E-state index is 0. The standard InChI is InChI=1S/C6H12.C2H6.C2H5.CH3.3Y/c1-2-4-6-5-3-1;2*1-2;;;;/h1-6H2;1-2H3;1H2,2H3;1H3;;;/q;;2*-1;;;. The average molecular weight is 425 g/mol. The molecule has 1 rings (SSSR count). The Morgan fingerprint density at radius 1 is 0.571 bits per heavy atom. The van der Waals surface area contributed by atoms with Crippen LogP contribution in [0.2, 0.25) is 0 Å². The fourth-order valence-electron chi connectivity index (χ4n) is 1.06. The van der Waals surface area contributed by atoms with Crippen LogP contribution in [0.1, 0.15) is 59.3 Å². The van der Waals surface area contributed by atoms with Crippen LogP contribution in [0, 0.1) is 14.4 Å². The third-order valence-electron chi connectivity index (χ3n) is 1.50. The van der Waals surface area contributed by atoms with E-state index in [1.807, 2.05) is 13.8 Å². The Kier molecular flexibility index (Phi) is 113. The molecule has 1 aliphatic carbocycles. The summed E-state index contributed by atoms with van der Waals surface area (Å²) >= 11 is 0. The largest absolute Gasteiger partial charge is 0.358 e. The van der Waals surface area contributed by atoms with Crippen molar-refractivity contribution < 1.29 is 98.1 Å². The van der Waals surface area contributed by atoms with Gasteiger partial charge in [0.25, 0.3) is 0 Å². The monoisotopic (exact) mass is 425 g/mol. The van der Waals surface area contributed by atoms with Crippen LogP contribution in [-0.4, -0.2) is 0 Å². The molecule has 1 saturated carbocycles. The number of hydrogen-bond acceptors (Lipinski definition) is 0. The molecule has 0 aliphatic heterocycles. The summed E-state index contributed by atoms with van der Waals surface area (Å²) < 4.78 is 0. The molecule has 0 atom stereocenters. The second-order valence-corrected chi connectivity index (χ2v) is 2.12. The summed E-state index contributed by atoms with van der Waals surface area (Å²) in [4.78, 5) is 0. The quantitative estimate of drug-likeness (QED) is 0.496. The van der Waals surface area contributed by atoms with E-state index in [0.29, 0.717) is 0 Å². The van der Waals surface area contributed by atoms with Crippen molar-refractivity contribution in [2.45, 2.75) is 59.3 Å². The molecular weight excluding hydrogens is 399 g/mol. The molecule has 0 amide bonds. The van der Waals surface area contributed by atoms with E-state index in [1.54, 1.807) is 6.92 Å². The van der Waals surface area contributed by atoms with Gasteiger partial charge in [0.1, 0.15) is 0 Å². The molecule has 0 aromatic carbocycles. The molecule has 3 radical (unpaired) electrons. The minimum Gasteiger partial charge on any atom is -0.358 e. The van der Waals surface area contributed by atoms with E-state index in [2.05, 4.69) is 6.92 Å². The van der Waals surface area contributed by atoms with Gasteiger partial charge in [0, 0.05) is 98.1 Å². The first-order chi connectivity index (χ1) is 5.00. The SMILES string of the molecule is C1CCCCC1.CC.[CH2-]C.[CH3-].[Y].[Y].[Y]. The average Bonchev–Trinajstić information content (AvgIpc) is 2.14. The van der Waals surface area contributed by atoms with Gasteiger partial charge in [-0.3, -0.25) is 0 Å². The van der Waals surface area contributed by atoms with E-state index >= 15 is 0 Å². The van der Waals surface area contributed by atoms with Crippen molar-refractivity contribution in [1.82, 2.24) is 0 Å².